The summed E-state index contributed by atoms with van der Waals surface area (Å²) in [6.45, 7) is 4.50. The fourth-order valence-corrected chi connectivity index (χ4v) is 3.54. The summed E-state index contributed by atoms with van der Waals surface area (Å²) in [6, 6.07) is 17.7. The Labute approximate surface area is 151 Å². The second kappa shape index (κ2) is 7.60. The Bertz CT molecular complexity index is 881. The second-order valence-corrected chi connectivity index (χ2v) is 6.66. The SMILES string of the molecule is CCCc1cc(-c2cccc[n+]2C)c(CC)cc1-c1cccc[n+]1C. The van der Waals surface area contributed by atoms with Crippen molar-refractivity contribution >= 4 is 0 Å². The molecule has 128 valence electrons. The molecule has 25 heavy (non-hydrogen) atoms. The average Bonchev–Trinajstić information content (AvgIpc) is 2.63. The zero-order valence-electron chi connectivity index (χ0n) is 15.8. The van der Waals surface area contributed by atoms with Crippen LogP contribution in [0.4, 0.5) is 0 Å². The molecular formula is C23H28N2+2. The van der Waals surface area contributed by atoms with Gasteiger partial charge in [-0.25, -0.2) is 9.13 Å². The smallest absolute Gasteiger partial charge is 0.201 e. The van der Waals surface area contributed by atoms with E-state index in [2.05, 4.69) is 98.0 Å². The highest BCUT2D eigenvalue weighted by Gasteiger charge is 2.20. The summed E-state index contributed by atoms with van der Waals surface area (Å²) in [7, 11) is 4.25. The highest BCUT2D eigenvalue weighted by atomic mass is 14.9. The zero-order chi connectivity index (χ0) is 17.8. The van der Waals surface area contributed by atoms with Crippen molar-refractivity contribution in [3.05, 3.63) is 72.1 Å². The number of hydrogen-bond donors (Lipinski definition) is 0. The molecule has 0 amide bonds. The highest BCUT2D eigenvalue weighted by Crippen LogP contribution is 2.31. The Balaban J connectivity index is 2.25. The summed E-state index contributed by atoms with van der Waals surface area (Å²) in [6.07, 6.45) is 7.52. The van der Waals surface area contributed by atoms with Crippen molar-refractivity contribution in [2.75, 3.05) is 0 Å². The van der Waals surface area contributed by atoms with Crippen molar-refractivity contribution < 1.29 is 9.13 Å². The van der Waals surface area contributed by atoms with Gasteiger partial charge in [-0.1, -0.05) is 20.3 Å². The van der Waals surface area contributed by atoms with Gasteiger partial charge in [0.05, 0.1) is 0 Å². The van der Waals surface area contributed by atoms with Crippen molar-refractivity contribution in [1.82, 2.24) is 0 Å². The Kier molecular flexibility index (Phi) is 5.28. The van der Waals surface area contributed by atoms with Crippen LogP contribution in [0.15, 0.2) is 60.9 Å². The van der Waals surface area contributed by atoms with Crippen molar-refractivity contribution in [2.24, 2.45) is 14.1 Å². The Hall–Kier alpha value is -2.48. The lowest BCUT2D eigenvalue weighted by molar-refractivity contribution is -0.660. The van der Waals surface area contributed by atoms with Gasteiger partial charge in [-0.15, -0.1) is 0 Å². The molecule has 0 aliphatic carbocycles. The van der Waals surface area contributed by atoms with Gasteiger partial charge in [-0.05, 0) is 48.2 Å². The standard InChI is InChI=1S/C23H28N2/c1-5-11-19-17-20(22-12-7-9-14-24(22)3)18(6-2)16-21(19)23-13-8-10-15-25(23)4/h7-10,12-17H,5-6,11H2,1-4H3/q+2. The number of nitrogens with zero attached hydrogens (tertiary/aromatic N) is 2. The molecule has 0 unspecified atom stereocenters. The third kappa shape index (κ3) is 3.48. The molecule has 0 fully saturated rings. The number of pyridine rings is 2. The first kappa shape index (κ1) is 17.3. The van der Waals surface area contributed by atoms with Crippen LogP contribution in [0, 0.1) is 0 Å². The largest absolute Gasteiger partial charge is 0.212 e. The van der Waals surface area contributed by atoms with Gasteiger partial charge in [-0.3, -0.25) is 0 Å². The average molecular weight is 332 g/mol. The van der Waals surface area contributed by atoms with E-state index in [1.165, 1.54) is 33.6 Å². The molecule has 0 aliphatic heterocycles. The Morgan fingerprint density at radius 1 is 0.720 bits per heavy atom. The van der Waals surface area contributed by atoms with Crippen molar-refractivity contribution in [3.8, 4) is 22.5 Å². The second-order valence-electron chi connectivity index (χ2n) is 6.66. The van der Waals surface area contributed by atoms with Gasteiger partial charge < -0.3 is 0 Å². The molecule has 2 nitrogen and oxygen atoms in total. The predicted octanol–water partition coefficient (Wildman–Crippen LogP) is 4.18. The molecule has 0 bridgehead atoms. The number of rotatable bonds is 5. The number of hydrogen-bond acceptors (Lipinski definition) is 0. The van der Waals surface area contributed by atoms with E-state index >= 15 is 0 Å². The maximum Gasteiger partial charge on any atom is 0.212 e. The van der Waals surface area contributed by atoms with Crippen LogP contribution in [-0.2, 0) is 26.9 Å². The quantitative estimate of drug-likeness (QED) is 0.619. The van der Waals surface area contributed by atoms with Gasteiger partial charge in [-0.2, -0.15) is 0 Å². The molecule has 3 rings (SSSR count). The fraction of sp³-hybridized carbons (Fsp3) is 0.304. The first-order chi connectivity index (χ1) is 12.2. The lowest BCUT2D eigenvalue weighted by Gasteiger charge is -2.14. The minimum Gasteiger partial charge on any atom is -0.201 e. The molecule has 0 saturated carbocycles. The van der Waals surface area contributed by atoms with E-state index in [0.717, 1.165) is 19.3 Å². The van der Waals surface area contributed by atoms with Crippen LogP contribution < -0.4 is 9.13 Å². The first-order valence-electron chi connectivity index (χ1n) is 9.21. The summed E-state index contributed by atoms with van der Waals surface area (Å²) in [4.78, 5) is 0. The van der Waals surface area contributed by atoms with E-state index in [4.69, 9.17) is 0 Å². The fourth-order valence-electron chi connectivity index (χ4n) is 3.54. The van der Waals surface area contributed by atoms with Gasteiger partial charge in [0.1, 0.15) is 14.1 Å². The van der Waals surface area contributed by atoms with E-state index in [-0.39, 0.29) is 0 Å². The lowest BCUT2D eigenvalue weighted by atomic mass is 9.91. The topological polar surface area (TPSA) is 7.76 Å². The van der Waals surface area contributed by atoms with Crippen LogP contribution in [0.1, 0.15) is 31.4 Å². The molecule has 0 spiro atoms. The van der Waals surface area contributed by atoms with Crippen LogP contribution in [0.2, 0.25) is 0 Å². The molecule has 2 heteroatoms. The van der Waals surface area contributed by atoms with Crippen LogP contribution in [-0.4, -0.2) is 0 Å². The maximum atomic E-state index is 2.42. The minimum atomic E-state index is 1.03. The monoisotopic (exact) mass is 332 g/mol. The summed E-state index contributed by atoms with van der Waals surface area (Å²) >= 11 is 0. The van der Waals surface area contributed by atoms with Crippen molar-refractivity contribution in [3.63, 3.8) is 0 Å². The van der Waals surface area contributed by atoms with Gasteiger partial charge >= 0.3 is 0 Å². The molecule has 0 radical (unpaired) electrons. The van der Waals surface area contributed by atoms with Gasteiger partial charge in [0, 0.05) is 35.4 Å². The molecule has 0 aliphatic rings. The number of benzene rings is 1. The molecule has 0 atom stereocenters. The minimum absolute atomic E-state index is 1.03. The number of aryl methyl sites for hydroxylation is 4. The van der Waals surface area contributed by atoms with Gasteiger partial charge in [0.25, 0.3) is 0 Å². The van der Waals surface area contributed by atoms with E-state index < -0.39 is 0 Å². The lowest BCUT2D eigenvalue weighted by Crippen LogP contribution is -2.31. The van der Waals surface area contributed by atoms with E-state index in [9.17, 15) is 0 Å². The molecule has 0 saturated heterocycles. The summed E-state index contributed by atoms with van der Waals surface area (Å²) in [5.74, 6) is 0. The molecule has 2 heterocycles. The zero-order valence-corrected chi connectivity index (χ0v) is 15.8. The third-order valence-corrected chi connectivity index (χ3v) is 4.89. The van der Waals surface area contributed by atoms with Crippen molar-refractivity contribution in [1.29, 1.82) is 0 Å². The molecule has 1 aromatic carbocycles. The van der Waals surface area contributed by atoms with Crippen LogP contribution >= 0.6 is 0 Å². The summed E-state index contributed by atoms with van der Waals surface area (Å²) in [5.41, 5.74) is 8.12. The normalized spacial score (nSPS) is 10.9. The van der Waals surface area contributed by atoms with Crippen molar-refractivity contribution in [2.45, 2.75) is 33.1 Å². The van der Waals surface area contributed by atoms with E-state index in [0.29, 0.717) is 0 Å². The predicted molar refractivity (Wildman–Crippen MR) is 103 cm³/mol. The molecular weight excluding hydrogens is 304 g/mol. The Morgan fingerprint density at radius 2 is 1.24 bits per heavy atom. The summed E-state index contributed by atoms with van der Waals surface area (Å²) in [5, 5.41) is 0. The van der Waals surface area contributed by atoms with Gasteiger partial charge in [0.2, 0.25) is 11.4 Å². The van der Waals surface area contributed by atoms with Gasteiger partial charge in [0.15, 0.2) is 12.4 Å². The van der Waals surface area contributed by atoms with Crippen LogP contribution in [0.5, 0.6) is 0 Å². The first-order valence-corrected chi connectivity index (χ1v) is 9.21. The molecule has 3 aromatic rings. The summed E-state index contributed by atoms with van der Waals surface area (Å²) < 4.78 is 4.43. The maximum absolute atomic E-state index is 2.42. The highest BCUT2D eigenvalue weighted by molar-refractivity contribution is 5.72. The molecule has 0 N–H and O–H groups in total. The van der Waals surface area contributed by atoms with Crippen LogP contribution in [0.3, 0.4) is 0 Å². The Morgan fingerprint density at radius 3 is 1.72 bits per heavy atom. The molecule has 2 aromatic heterocycles. The van der Waals surface area contributed by atoms with E-state index in [1.54, 1.807) is 0 Å². The van der Waals surface area contributed by atoms with E-state index in [1.807, 2.05) is 0 Å². The van der Waals surface area contributed by atoms with Crippen LogP contribution in [0.25, 0.3) is 22.5 Å². The third-order valence-electron chi connectivity index (χ3n) is 4.89. The number of aromatic nitrogens is 2.